The first kappa shape index (κ1) is 20.7. The van der Waals surface area contributed by atoms with Gasteiger partial charge in [0.15, 0.2) is 0 Å². The number of carboxylic acid groups (broad SMARTS) is 1. The van der Waals surface area contributed by atoms with Crippen LogP contribution in [0.25, 0.3) is 21.9 Å². The largest absolute Gasteiger partial charge is 0.492 e. The summed E-state index contributed by atoms with van der Waals surface area (Å²) in [6.07, 6.45) is 2.30. The van der Waals surface area contributed by atoms with Gasteiger partial charge in [0.2, 0.25) is 5.43 Å². The Bertz CT molecular complexity index is 1490. The number of hydrogen-bond donors (Lipinski definition) is 2. The number of imidazole rings is 1. The number of H-pyrrole nitrogens is 1. The van der Waals surface area contributed by atoms with Crippen molar-refractivity contribution in [2.75, 3.05) is 6.61 Å². The number of nitriles is 1. The first-order chi connectivity index (χ1) is 15.9. The molecule has 1 aliphatic carbocycles. The Kier molecular flexibility index (Phi) is 5.05. The maximum Gasteiger partial charge on any atom is 0.312 e. The van der Waals surface area contributed by atoms with Crippen molar-refractivity contribution in [1.82, 2.24) is 19.7 Å². The second kappa shape index (κ2) is 8.06. The van der Waals surface area contributed by atoms with E-state index in [0.29, 0.717) is 51.6 Å². The van der Waals surface area contributed by atoms with Gasteiger partial charge in [-0.3, -0.25) is 14.3 Å². The Labute approximate surface area is 188 Å². The van der Waals surface area contributed by atoms with E-state index >= 15 is 0 Å². The molecule has 33 heavy (non-hydrogen) atoms. The van der Waals surface area contributed by atoms with Crippen LogP contribution in [0, 0.1) is 17.2 Å². The fourth-order valence-electron chi connectivity index (χ4n) is 3.78. The van der Waals surface area contributed by atoms with Crippen LogP contribution in [0.1, 0.15) is 42.8 Å². The van der Waals surface area contributed by atoms with Crippen molar-refractivity contribution in [2.45, 2.75) is 32.2 Å². The van der Waals surface area contributed by atoms with E-state index in [9.17, 15) is 20.0 Å². The molecule has 0 saturated heterocycles. The zero-order valence-corrected chi connectivity index (χ0v) is 17.9. The Morgan fingerprint density at radius 3 is 2.88 bits per heavy atom. The van der Waals surface area contributed by atoms with Crippen LogP contribution in [-0.4, -0.2) is 37.4 Å². The van der Waals surface area contributed by atoms with Gasteiger partial charge < -0.3 is 14.8 Å². The van der Waals surface area contributed by atoms with E-state index in [1.807, 2.05) is 0 Å². The smallest absolute Gasteiger partial charge is 0.312 e. The minimum absolute atomic E-state index is 0.0279. The molecule has 1 fully saturated rings. The average Bonchev–Trinajstić information content (AvgIpc) is 3.57. The number of ether oxygens (including phenoxy) is 1. The Morgan fingerprint density at radius 2 is 2.15 bits per heavy atom. The van der Waals surface area contributed by atoms with Crippen LogP contribution in [-0.2, 0) is 11.3 Å². The summed E-state index contributed by atoms with van der Waals surface area (Å²) in [5.41, 5.74) is 1.93. The molecule has 0 bridgehead atoms. The number of aromatic nitrogens is 4. The van der Waals surface area contributed by atoms with Gasteiger partial charge in [0.05, 0.1) is 35.3 Å². The number of hydrogen-bond acceptors (Lipinski definition) is 6. The fourth-order valence-corrected chi connectivity index (χ4v) is 3.78. The number of fused-ring (bicyclic) bond motifs is 2. The number of aromatic amines is 1. The maximum atomic E-state index is 12.8. The molecule has 0 amide bonds. The molecule has 9 nitrogen and oxygen atoms in total. The van der Waals surface area contributed by atoms with Gasteiger partial charge in [-0.1, -0.05) is 12.1 Å². The lowest BCUT2D eigenvalue weighted by Crippen LogP contribution is -2.25. The highest BCUT2D eigenvalue weighted by Gasteiger charge is 2.24. The van der Waals surface area contributed by atoms with Gasteiger partial charge in [0.25, 0.3) is 0 Å². The summed E-state index contributed by atoms with van der Waals surface area (Å²) >= 11 is 0. The van der Waals surface area contributed by atoms with Crippen LogP contribution >= 0.6 is 0 Å². The molecule has 2 aromatic heterocycles. The number of nitrogens with one attached hydrogen (secondary N) is 1. The third-order valence-electron chi connectivity index (χ3n) is 5.89. The molecule has 9 heteroatoms. The molecule has 2 heterocycles. The van der Waals surface area contributed by atoms with E-state index in [-0.39, 0.29) is 12.2 Å². The number of aliphatic carboxylic acids is 1. The summed E-state index contributed by atoms with van der Waals surface area (Å²) in [6, 6.07) is 12.6. The highest BCUT2D eigenvalue weighted by Crippen LogP contribution is 2.31. The Hall–Kier alpha value is -4.19. The van der Waals surface area contributed by atoms with Crippen molar-refractivity contribution in [3.63, 3.8) is 0 Å². The van der Waals surface area contributed by atoms with Crippen LogP contribution in [0.5, 0.6) is 5.75 Å². The van der Waals surface area contributed by atoms with Gasteiger partial charge in [-0.2, -0.15) is 10.4 Å². The minimum Gasteiger partial charge on any atom is -0.492 e. The lowest BCUT2D eigenvalue weighted by atomic mass is 10.1. The summed E-state index contributed by atoms with van der Waals surface area (Å²) in [4.78, 5) is 32.2. The lowest BCUT2D eigenvalue weighted by molar-refractivity contribution is -0.138. The highest BCUT2D eigenvalue weighted by molar-refractivity contribution is 5.82. The van der Waals surface area contributed by atoms with E-state index in [4.69, 9.17) is 4.74 Å². The Morgan fingerprint density at radius 1 is 1.36 bits per heavy atom. The van der Waals surface area contributed by atoms with E-state index < -0.39 is 17.3 Å². The first-order valence-corrected chi connectivity index (χ1v) is 10.7. The molecule has 1 aliphatic rings. The first-order valence-electron chi connectivity index (χ1n) is 10.7. The summed E-state index contributed by atoms with van der Waals surface area (Å²) in [6.45, 7) is 2.23. The molecular formula is C24H21N5O4. The number of benzene rings is 2. The average molecular weight is 443 g/mol. The van der Waals surface area contributed by atoms with E-state index in [2.05, 4.69) is 21.1 Å². The van der Waals surface area contributed by atoms with E-state index in [1.54, 1.807) is 41.1 Å². The second-order valence-corrected chi connectivity index (χ2v) is 8.36. The molecule has 2 N–H and O–H groups in total. The van der Waals surface area contributed by atoms with Gasteiger partial charge >= 0.3 is 5.97 Å². The monoisotopic (exact) mass is 443 g/mol. The predicted octanol–water partition coefficient (Wildman–Crippen LogP) is 3.17. The van der Waals surface area contributed by atoms with Crippen molar-refractivity contribution in [3.8, 4) is 11.8 Å². The molecule has 166 valence electrons. The molecular weight excluding hydrogens is 422 g/mol. The molecule has 0 spiro atoms. The summed E-state index contributed by atoms with van der Waals surface area (Å²) < 4.78 is 7.42. The van der Waals surface area contributed by atoms with Crippen LogP contribution in [0.15, 0.2) is 41.2 Å². The third-order valence-corrected chi connectivity index (χ3v) is 5.89. The molecule has 1 atom stereocenters. The number of rotatable bonds is 7. The highest BCUT2D eigenvalue weighted by atomic mass is 16.5. The van der Waals surface area contributed by atoms with Gasteiger partial charge in [-0.15, -0.1) is 0 Å². The van der Waals surface area contributed by atoms with Crippen molar-refractivity contribution in [3.05, 3.63) is 63.7 Å². The fraction of sp³-hybridized carbons (Fsp3) is 0.292. The van der Waals surface area contributed by atoms with Crippen molar-refractivity contribution in [2.24, 2.45) is 5.92 Å². The summed E-state index contributed by atoms with van der Waals surface area (Å²) in [5.74, 6) is -0.534. The van der Waals surface area contributed by atoms with Gasteiger partial charge in [-0.25, -0.2) is 4.98 Å². The maximum absolute atomic E-state index is 12.8. The van der Waals surface area contributed by atoms with Crippen LogP contribution in [0.4, 0.5) is 0 Å². The molecule has 0 aliphatic heterocycles. The quantitative estimate of drug-likeness (QED) is 0.448. The van der Waals surface area contributed by atoms with Gasteiger partial charge in [0, 0.05) is 11.5 Å². The molecule has 1 saturated carbocycles. The molecule has 1 unspecified atom stereocenters. The van der Waals surface area contributed by atoms with Crippen molar-refractivity contribution in [1.29, 1.82) is 5.26 Å². The molecule has 5 rings (SSSR count). The molecule has 2 aromatic carbocycles. The van der Waals surface area contributed by atoms with Crippen LogP contribution < -0.4 is 10.2 Å². The lowest BCUT2D eigenvalue weighted by Gasteiger charge is -2.13. The number of nitrogens with zero attached hydrogens (tertiary/aromatic N) is 4. The van der Waals surface area contributed by atoms with Crippen LogP contribution in [0.3, 0.4) is 0 Å². The topological polar surface area (TPSA) is 134 Å². The molecule has 0 radical (unpaired) electrons. The number of carbonyl (C=O) groups is 1. The van der Waals surface area contributed by atoms with Crippen LogP contribution in [0.2, 0.25) is 0 Å². The SMILES string of the molecule is CC(C(=O)O)c1nn(Cc2nc3cc(OCC4CC4)c(C#N)cc3[nH]2)c2ccccc2c1=O. The minimum atomic E-state index is -1.12. The zero-order valence-electron chi connectivity index (χ0n) is 17.9. The second-order valence-electron chi connectivity index (χ2n) is 8.36. The van der Waals surface area contributed by atoms with Crippen molar-refractivity contribution < 1.29 is 14.6 Å². The normalized spacial score (nSPS) is 14.3. The summed E-state index contributed by atoms with van der Waals surface area (Å²) in [7, 11) is 0. The van der Waals surface area contributed by atoms with E-state index in [1.165, 1.54) is 6.92 Å². The summed E-state index contributed by atoms with van der Waals surface area (Å²) in [5, 5.41) is 23.7. The molecule has 4 aromatic rings. The van der Waals surface area contributed by atoms with Gasteiger partial charge in [0.1, 0.15) is 29.3 Å². The predicted molar refractivity (Wildman–Crippen MR) is 120 cm³/mol. The third kappa shape index (κ3) is 3.91. The Balaban J connectivity index is 1.55. The van der Waals surface area contributed by atoms with E-state index in [0.717, 1.165) is 12.8 Å². The standard InChI is InChI=1S/C24H21N5O4/c1-13(24(31)32)22-23(30)16-4-2-3-5-19(16)29(28-22)11-21-26-17-8-15(10-25)20(9-18(17)27-21)33-12-14-6-7-14/h2-5,8-9,13-14H,6-7,11-12H2,1H3,(H,26,27)(H,31,32). The zero-order chi connectivity index (χ0) is 23.1. The van der Waals surface area contributed by atoms with Gasteiger partial charge in [-0.05, 0) is 43.9 Å². The number of para-hydroxylation sites is 1. The number of carboxylic acids is 1. The van der Waals surface area contributed by atoms with Crippen molar-refractivity contribution >= 4 is 27.9 Å².